The van der Waals surface area contributed by atoms with Crippen molar-refractivity contribution < 1.29 is 4.79 Å². The molecule has 5 aromatic rings. The van der Waals surface area contributed by atoms with Gasteiger partial charge in [-0.25, -0.2) is 4.98 Å². The number of rotatable bonds is 6. The number of aromatic nitrogens is 3. The molecule has 0 unspecified atom stereocenters. The summed E-state index contributed by atoms with van der Waals surface area (Å²) in [4.78, 5) is 21.1. The zero-order valence-corrected chi connectivity index (χ0v) is 17.4. The van der Waals surface area contributed by atoms with Crippen LogP contribution in [0.3, 0.4) is 0 Å². The quantitative estimate of drug-likeness (QED) is 0.268. The summed E-state index contributed by atoms with van der Waals surface area (Å²) < 4.78 is 2.00. The van der Waals surface area contributed by atoms with Crippen molar-refractivity contribution >= 4 is 6.29 Å². The number of carbonyl (C=O) groups excluding carboxylic acids is 1. The second-order valence-corrected chi connectivity index (χ2v) is 7.52. The van der Waals surface area contributed by atoms with Gasteiger partial charge >= 0.3 is 0 Å². The summed E-state index contributed by atoms with van der Waals surface area (Å²) in [5.74, 6) is 0.355. The topological polar surface area (TPSA) is 47.8 Å². The summed E-state index contributed by atoms with van der Waals surface area (Å²) in [6.45, 7) is 0. The molecule has 0 saturated heterocycles. The van der Waals surface area contributed by atoms with E-state index in [9.17, 15) is 4.79 Å². The van der Waals surface area contributed by atoms with Gasteiger partial charge in [-0.2, -0.15) is 0 Å². The molecule has 0 N–H and O–H groups in total. The Labute approximate surface area is 186 Å². The second kappa shape index (κ2) is 8.44. The Hall–Kier alpha value is -4.31. The van der Waals surface area contributed by atoms with Crippen molar-refractivity contribution in [1.82, 2.24) is 14.5 Å². The van der Waals surface area contributed by atoms with E-state index < -0.39 is 5.54 Å². The summed E-state index contributed by atoms with van der Waals surface area (Å²) in [5.41, 5.74) is 3.97. The van der Waals surface area contributed by atoms with Gasteiger partial charge in [0.05, 0.1) is 5.69 Å². The van der Waals surface area contributed by atoms with Crippen LogP contribution in [-0.2, 0) is 5.54 Å². The first kappa shape index (κ1) is 19.6. The van der Waals surface area contributed by atoms with Crippen molar-refractivity contribution in [3.63, 3.8) is 0 Å². The monoisotopic (exact) mass is 415 g/mol. The van der Waals surface area contributed by atoms with Gasteiger partial charge < -0.3 is 4.57 Å². The van der Waals surface area contributed by atoms with Crippen LogP contribution >= 0.6 is 0 Å². The number of imidazole rings is 1. The van der Waals surface area contributed by atoms with Gasteiger partial charge in [-0.3, -0.25) is 9.78 Å². The predicted molar refractivity (Wildman–Crippen MR) is 125 cm³/mol. The minimum absolute atomic E-state index is 0.355. The standard InChI is InChI=1S/C28H21N3O/c32-21-27-30-26(22-16-18-29-19-17-22)20-31(27)28(23-10-4-1-5-11-23,24-12-6-2-7-13-24)25-14-8-3-9-15-25/h1-21H. The van der Waals surface area contributed by atoms with E-state index in [0.29, 0.717) is 5.82 Å². The number of pyridine rings is 1. The van der Waals surface area contributed by atoms with E-state index in [0.717, 1.165) is 34.2 Å². The van der Waals surface area contributed by atoms with Gasteiger partial charge in [0.2, 0.25) is 0 Å². The van der Waals surface area contributed by atoms with E-state index in [1.807, 2.05) is 77.5 Å². The van der Waals surface area contributed by atoms with E-state index in [2.05, 4.69) is 41.4 Å². The molecule has 2 heterocycles. The fourth-order valence-electron chi connectivity index (χ4n) is 4.36. The number of hydrogen-bond acceptors (Lipinski definition) is 3. The molecule has 0 saturated carbocycles. The zero-order valence-electron chi connectivity index (χ0n) is 17.4. The van der Waals surface area contributed by atoms with Gasteiger partial charge in [0, 0.05) is 24.2 Å². The van der Waals surface area contributed by atoms with Gasteiger partial charge in [0.1, 0.15) is 5.54 Å². The van der Waals surface area contributed by atoms with Gasteiger partial charge in [-0.1, -0.05) is 91.0 Å². The lowest BCUT2D eigenvalue weighted by Crippen LogP contribution is -2.38. The van der Waals surface area contributed by atoms with Crippen LogP contribution < -0.4 is 0 Å². The Morgan fingerprint density at radius 1 is 0.656 bits per heavy atom. The first-order valence-corrected chi connectivity index (χ1v) is 10.5. The summed E-state index contributed by atoms with van der Waals surface area (Å²) in [6, 6.07) is 34.5. The molecule has 5 rings (SSSR count). The maximum Gasteiger partial charge on any atom is 0.185 e. The molecule has 0 aliphatic heterocycles. The highest BCUT2D eigenvalue weighted by molar-refractivity contribution is 5.74. The van der Waals surface area contributed by atoms with E-state index >= 15 is 0 Å². The number of aldehydes is 1. The third kappa shape index (κ3) is 3.22. The van der Waals surface area contributed by atoms with Crippen LogP contribution in [0.15, 0.2) is 122 Å². The van der Waals surface area contributed by atoms with Crippen molar-refractivity contribution in [2.75, 3.05) is 0 Å². The molecule has 3 aromatic carbocycles. The van der Waals surface area contributed by atoms with Gasteiger partial charge in [0.15, 0.2) is 12.1 Å². The molecule has 0 bridgehead atoms. The summed E-state index contributed by atoms with van der Waals surface area (Å²) in [5, 5.41) is 0. The Balaban J connectivity index is 1.90. The first-order chi connectivity index (χ1) is 15.8. The number of hydrogen-bond donors (Lipinski definition) is 0. The lowest BCUT2D eigenvalue weighted by atomic mass is 9.76. The molecular weight excluding hydrogens is 394 g/mol. The molecule has 4 heteroatoms. The molecule has 0 fully saturated rings. The molecule has 0 spiro atoms. The van der Waals surface area contributed by atoms with Crippen molar-refractivity contribution in [1.29, 1.82) is 0 Å². The van der Waals surface area contributed by atoms with Crippen molar-refractivity contribution in [3.8, 4) is 11.3 Å². The molecule has 0 amide bonds. The molecule has 0 aliphatic carbocycles. The lowest BCUT2D eigenvalue weighted by Gasteiger charge is -2.38. The van der Waals surface area contributed by atoms with Gasteiger partial charge in [-0.05, 0) is 28.8 Å². The van der Waals surface area contributed by atoms with Crippen LogP contribution in [-0.4, -0.2) is 20.8 Å². The maximum atomic E-state index is 12.3. The Morgan fingerprint density at radius 2 is 1.12 bits per heavy atom. The van der Waals surface area contributed by atoms with Crippen LogP contribution in [0.2, 0.25) is 0 Å². The third-order valence-corrected chi connectivity index (χ3v) is 5.75. The smallest absolute Gasteiger partial charge is 0.185 e. The van der Waals surface area contributed by atoms with Gasteiger partial charge in [0.25, 0.3) is 0 Å². The molecule has 154 valence electrons. The minimum Gasteiger partial charge on any atom is -0.310 e. The number of benzene rings is 3. The predicted octanol–water partition coefficient (Wildman–Crippen LogP) is 5.60. The highest BCUT2D eigenvalue weighted by Crippen LogP contribution is 2.42. The Morgan fingerprint density at radius 3 is 1.56 bits per heavy atom. The molecule has 32 heavy (non-hydrogen) atoms. The highest BCUT2D eigenvalue weighted by atomic mass is 16.1. The van der Waals surface area contributed by atoms with Crippen molar-refractivity contribution in [2.24, 2.45) is 0 Å². The third-order valence-electron chi connectivity index (χ3n) is 5.75. The average molecular weight is 415 g/mol. The van der Waals surface area contributed by atoms with Crippen molar-refractivity contribution in [3.05, 3.63) is 144 Å². The highest BCUT2D eigenvalue weighted by Gasteiger charge is 2.40. The Bertz CT molecular complexity index is 1220. The van der Waals surface area contributed by atoms with Crippen LogP contribution in [0.25, 0.3) is 11.3 Å². The summed E-state index contributed by atoms with van der Waals surface area (Å²) in [6.07, 6.45) is 6.25. The molecule has 0 atom stereocenters. The van der Waals surface area contributed by atoms with E-state index in [1.165, 1.54) is 0 Å². The van der Waals surface area contributed by atoms with Crippen LogP contribution in [0.5, 0.6) is 0 Å². The van der Waals surface area contributed by atoms with Gasteiger partial charge in [-0.15, -0.1) is 0 Å². The lowest BCUT2D eigenvalue weighted by molar-refractivity contribution is 0.110. The van der Waals surface area contributed by atoms with Crippen molar-refractivity contribution in [2.45, 2.75) is 5.54 Å². The average Bonchev–Trinajstić information content (AvgIpc) is 3.32. The first-order valence-electron chi connectivity index (χ1n) is 10.5. The minimum atomic E-state index is -0.779. The molecule has 0 radical (unpaired) electrons. The molecule has 0 aliphatic rings. The zero-order chi connectivity index (χ0) is 21.8. The van der Waals surface area contributed by atoms with E-state index in [1.54, 1.807) is 12.4 Å². The fraction of sp³-hybridized carbons (Fsp3) is 0.0357. The summed E-state index contributed by atoms with van der Waals surface area (Å²) in [7, 11) is 0. The normalized spacial score (nSPS) is 11.2. The molecule has 2 aromatic heterocycles. The van der Waals surface area contributed by atoms with E-state index in [4.69, 9.17) is 4.98 Å². The SMILES string of the molecule is O=Cc1nc(-c2ccncc2)cn1C(c1ccccc1)(c1ccccc1)c1ccccc1. The van der Waals surface area contributed by atoms with Crippen LogP contribution in [0.4, 0.5) is 0 Å². The Kier molecular flexibility index (Phi) is 5.18. The number of nitrogens with zero attached hydrogens (tertiary/aromatic N) is 3. The number of carbonyl (C=O) groups is 1. The maximum absolute atomic E-state index is 12.3. The fourth-order valence-corrected chi connectivity index (χ4v) is 4.36. The van der Waals surface area contributed by atoms with Crippen LogP contribution in [0, 0.1) is 0 Å². The van der Waals surface area contributed by atoms with Crippen LogP contribution in [0.1, 0.15) is 27.3 Å². The van der Waals surface area contributed by atoms with E-state index in [-0.39, 0.29) is 0 Å². The largest absolute Gasteiger partial charge is 0.310 e. The molecular formula is C28H21N3O. The molecule has 4 nitrogen and oxygen atoms in total. The second-order valence-electron chi connectivity index (χ2n) is 7.52. The summed E-state index contributed by atoms with van der Waals surface area (Å²) >= 11 is 0.